The molecule has 0 spiro atoms. The van der Waals surface area contributed by atoms with Gasteiger partial charge in [0.05, 0.1) is 13.7 Å². The molecule has 0 unspecified atom stereocenters. The van der Waals surface area contributed by atoms with Gasteiger partial charge in [0.2, 0.25) is 5.91 Å². The van der Waals surface area contributed by atoms with Crippen LogP contribution in [0.2, 0.25) is 0 Å². The molecule has 2 N–H and O–H groups in total. The molecule has 1 aliphatic carbocycles. The van der Waals surface area contributed by atoms with E-state index in [1.165, 1.54) is 0 Å². The lowest BCUT2D eigenvalue weighted by atomic mass is 10.00. The van der Waals surface area contributed by atoms with Crippen LogP contribution >= 0.6 is 0 Å². The van der Waals surface area contributed by atoms with Crippen molar-refractivity contribution in [1.29, 1.82) is 0 Å². The number of esters is 1. The Morgan fingerprint density at radius 3 is 2.79 bits per heavy atom. The number of pyridine rings is 1. The molecule has 29 heavy (non-hydrogen) atoms. The van der Waals surface area contributed by atoms with Gasteiger partial charge in [-0.25, -0.2) is 9.78 Å². The maximum absolute atomic E-state index is 12.9. The minimum atomic E-state index is -0.656. The predicted octanol–water partition coefficient (Wildman–Crippen LogP) is 2.56. The highest BCUT2D eigenvalue weighted by atomic mass is 16.5. The summed E-state index contributed by atoms with van der Waals surface area (Å²) in [5.74, 6) is 1.12. The van der Waals surface area contributed by atoms with E-state index in [2.05, 4.69) is 4.98 Å². The van der Waals surface area contributed by atoms with Crippen LogP contribution in [0.25, 0.3) is 10.8 Å². The van der Waals surface area contributed by atoms with Gasteiger partial charge >= 0.3 is 5.97 Å². The molecule has 0 radical (unpaired) electrons. The number of hydrogen-bond acceptors (Lipinski definition) is 6. The number of nitrogens with two attached hydrogens (primary N) is 1. The lowest BCUT2D eigenvalue weighted by Crippen LogP contribution is -2.45. The summed E-state index contributed by atoms with van der Waals surface area (Å²) < 4.78 is 11.1. The Morgan fingerprint density at radius 1 is 1.34 bits per heavy atom. The number of likely N-dealkylation sites (tertiary alicyclic amines) is 1. The number of carbonyl (C=O) groups is 2. The lowest BCUT2D eigenvalue weighted by molar-refractivity contribution is -0.154. The SMILES string of the molecule is COc1cc2c(N)nccc2cc1C[C@H](C(=O)OCC1CC1)N1CC[C@H](C)C1=O. The second-order valence-corrected chi connectivity index (χ2v) is 8.10. The smallest absolute Gasteiger partial charge is 0.329 e. The molecule has 1 saturated carbocycles. The van der Waals surface area contributed by atoms with Crippen molar-refractivity contribution in [2.75, 3.05) is 26.0 Å². The van der Waals surface area contributed by atoms with Crippen molar-refractivity contribution < 1.29 is 19.1 Å². The highest BCUT2D eigenvalue weighted by Gasteiger charge is 2.38. The Balaban J connectivity index is 1.65. The minimum absolute atomic E-state index is 0.00609. The second kappa shape index (κ2) is 7.89. The number of methoxy groups -OCH3 is 1. The third kappa shape index (κ3) is 3.99. The van der Waals surface area contributed by atoms with E-state index in [1.807, 2.05) is 25.1 Å². The molecular formula is C22H27N3O4. The van der Waals surface area contributed by atoms with Crippen LogP contribution in [0.15, 0.2) is 24.4 Å². The quantitative estimate of drug-likeness (QED) is 0.722. The first kappa shape index (κ1) is 19.5. The van der Waals surface area contributed by atoms with Crippen LogP contribution in [0.3, 0.4) is 0 Å². The molecule has 0 bridgehead atoms. The van der Waals surface area contributed by atoms with Crippen molar-refractivity contribution in [3.63, 3.8) is 0 Å². The van der Waals surface area contributed by atoms with Crippen molar-refractivity contribution in [1.82, 2.24) is 9.88 Å². The van der Waals surface area contributed by atoms with E-state index in [1.54, 1.807) is 18.2 Å². The lowest BCUT2D eigenvalue weighted by Gasteiger charge is -2.27. The van der Waals surface area contributed by atoms with Crippen molar-refractivity contribution in [3.05, 3.63) is 30.0 Å². The molecule has 7 heteroatoms. The van der Waals surface area contributed by atoms with Gasteiger partial charge in [0.15, 0.2) is 0 Å². The first-order chi connectivity index (χ1) is 14.0. The van der Waals surface area contributed by atoms with Crippen LogP contribution in [0.4, 0.5) is 5.82 Å². The molecule has 1 aliphatic heterocycles. The number of nitrogens with zero attached hydrogens (tertiary/aromatic N) is 2. The summed E-state index contributed by atoms with van der Waals surface area (Å²) in [6.45, 7) is 2.90. The summed E-state index contributed by atoms with van der Waals surface area (Å²) in [6, 6.07) is 5.01. The number of benzene rings is 1. The van der Waals surface area contributed by atoms with E-state index in [0.29, 0.717) is 37.1 Å². The van der Waals surface area contributed by atoms with Crippen LogP contribution in [-0.4, -0.2) is 48.1 Å². The van der Waals surface area contributed by atoms with E-state index >= 15 is 0 Å². The number of fused-ring (bicyclic) bond motifs is 1. The fourth-order valence-corrected chi connectivity index (χ4v) is 3.89. The molecule has 4 rings (SSSR count). The standard InChI is InChI=1S/C22H27N3O4/c1-13-6-8-25(21(13)26)18(22(27)29-12-14-3-4-14)10-16-9-15-5-7-24-20(23)17(15)11-19(16)28-2/h5,7,9,11,13-14,18H,3-4,6,8,10,12H2,1-2H3,(H2,23,24)/t13-,18+/m0/s1. The summed E-state index contributed by atoms with van der Waals surface area (Å²) in [5, 5.41) is 1.71. The number of anilines is 1. The predicted molar refractivity (Wildman–Crippen MR) is 109 cm³/mol. The van der Waals surface area contributed by atoms with Crippen LogP contribution in [0.5, 0.6) is 5.75 Å². The summed E-state index contributed by atoms with van der Waals surface area (Å²) in [5.41, 5.74) is 6.83. The summed E-state index contributed by atoms with van der Waals surface area (Å²) in [7, 11) is 1.58. The van der Waals surface area contributed by atoms with E-state index in [-0.39, 0.29) is 17.8 Å². The zero-order valence-corrected chi connectivity index (χ0v) is 16.9. The average Bonchev–Trinajstić information content (AvgIpc) is 3.49. The summed E-state index contributed by atoms with van der Waals surface area (Å²) >= 11 is 0. The Bertz CT molecular complexity index is 941. The topological polar surface area (TPSA) is 94.8 Å². The van der Waals surface area contributed by atoms with Gasteiger partial charge in [0.25, 0.3) is 0 Å². The average molecular weight is 397 g/mol. The zero-order chi connectivity index (χ0) is 20.5. The molecule has 1 aromatic carbocycles. The number of aromatic nitrogens is 1. The maximum Gasteiger partial charge on any atom is 0.329 e. The third-order valence-corrected chi connectivity index (χ3v) is 5.92. The van der Waals surface area contributed by atoms with Gasteiger partial charge in [-0.2, -0.15) is 0 Å². The van der Waals surface area contributed by atoms with E-state index in [9.17, 15) is 9.59 Å². The number of carbonyl (C=O) groups excluding carboxylic acids is 2. The summed E-state index contributed by atoms with van der Waals surface area (Å²) in [6.07, 6.45) is 4.95. The van der Waals surface area contributed by atoms with Gasteiger partial charge in [-0.1, -0.05) is 6.92 Å². The number of ether oxygens (including phenoxy) is 2. The number of amides is 1. The molecule has 2 atom stereocenters. The molecular weight excluding hydrogens is 370 g/mol. The van der Waals surface area contributed by atoms with E-state index < -0.39 is 6.04 Å². The molecule has 2 aromatic rings. The Labute approximate surface area is 170 Å². The van der Waals surface area contributed by atoms with Gasteiger partial charge in [0.1, 0.15) is 17.6 Å². The van der Waals surface area contributed by atoms with Crippen molar-refractivity contribution in [3.8, 4) is 5.75 Å². The minimum Gasteiger partial charge on any atom is -0.496 e. The molecule has 1 amide bonds. The molecule has 2 fully saturated rings. The number of nitrogen functional groups attached to an aromatic ring is 1. The van der Waals surface area contributed by atoms with E-state index in [0.717, 1.165) is 35.6 Å². The van der Waals surface area contributed by atoms with Gasteiger partial charge in [-0.15, -0.1) is 0 Å². The van der Waals surface area contributed by atoms with Crippen LogP contribution in [0, 0.1) is 11.8 Å². The van der Waals surface area contributed by atoms with Crippen LogP contribution in [-0.2, 0) is 20.7 Å². The fraction of sp³-hybridized carbons (Fsp3) is 0.500. The Morgan fingerprint density at radius 2 is 2.14 bits per heavy atom. The maximum atomic E-state index is 12.9. The van der Waals surface area contributed by atoms with Gasteiger partial charge in [-0.05, 0) is 54.3 Å². The molecule has 154 valence electrons. The van der Waals surface area contributed by atoms with Crippen molar-refractivity contribution >= 4 is 28.5 Å². The molecule has 1 aromatic heterocycles. The monoisotopic (exact) mass is 397 g/mol. The third-order valence-electron chi connectivity index (χ3n) is 5.92. The highest BCUT2D eigenvalue weighted by molar-refractivity contribution is 5.93. The first-order valence-corrected chi connectivity index (χ1v) is 10.2. The normalized spacial score (nSPS) is 20.1. The van der Waals surface area contributed by atoms with Gasteiger partial charge in [-0.3, -0.25) is 4.79 Å². The molecule has 2 heterocycles. The van der Waals surface area contributed by atoms with Crippen LogP contribution in [0.1, 0.15) is 31.7 Å². The molecule has 2 aliphatic rings. The zero-order valence-electron chi connectivity index (χ0n) is 16.9. The van der Waals surface area contributed by atoms with Crippen molar-refractivity contribution in [2.24, 2.45) is 11.8 Å². The van der Waals surface area contributed by atoms with Gasteiger partial charge in [0, 0.05) is 30.5 Å². The summed E-state index contributed by atoms with van der Waals surface area (Å²) in [4.78, 5) is 31.4. The highest BCUT2D eigenvalue weighted by Crippen LogP contribution is 2.32. The second-order valence-electron chi connectivity index (χ2n) is 8.10. The van der Waals surface area contributed by atoms with Crippen LogP contribution < -0.4 is 10.5 Å². The Kier molecular flexibility index (Phi) is 5.30. The first-order valence-electron chi connectivity index (χ1n) is 10.2. The molecule has 1 saturated heterocycles. The van der Waals surface area contributed by atoms with Crippen molar-refractivity contribution in [2.45, 2.75) is 38.6 Å². The fourth-order valence-electron chi connectivity index (χ4n) is 3.89. The number of hydrogen-bond donors (Lipinski definition) is 1. The van der Waals surface area contributed by atoms with Gasteiger partial charge < -0.3 is 20.1 Å². The number of rotatable bonds is 7. The molecule has 7 nitrogen and oxygen atoms in total. The Hall–Kier alpha value is -2.83. The van der Waals surface area contributed by atoms with E-state index in [4.69, 9.17) is 15.2 Å². The largest absolute Gasteiger partial charge is 0.496 e.